The number of pyridine rings is 1. The molecule has 116 valence electrons. The molecule has 0 bridgehead atoms. The fourth-order valence-electron chi connectivity index (χ4n) is 2.69. The number of hydrogen-bond acceptors (Lipinski definition) is 5. The molecule has 1 aliphatic heterocycles. The van der Waals surface area contributed by atoms with E-state index in [0.717, 1.165) is 36.5 Å². The molecule has 0 aromatic carbocycles. The number of aryl methyl sites for hydroxylation is 1. The first-order valence-electron chi connectivity index (χ1n) is 7.39. The summed E-state index contributed by atoms with van der Waals surface area (Å²) in [6.07, 6.45) is 3.65. The second-order valence-electron chi connectivity index (χ2n) is 5.36. The van der Waals surface area contributed by atoms with E-state index in [1.54, 1.807) is 13.3 Å². The van der Waals surface area contributed by atoms with Gasteiger partial charge in [-0.25, -0.2) is 0 Å². The number of rotatable bonds is 5. The Bertz CT molecular complexity index is 493. The Hall–Kier alpha value is -1.82. The molecule has 0 spiro atoms. The van der Waals surface area contributed by atoms with Crippen LogP contribution in [0.1, 0.15) is 18.5 Å². The number of anilines is 1. The molecule has 1 atom stereocenters. The van der Waals surface area contributed by atoms with Crippen molar-refractivity contribution in [2.75, 3.05) is 38.2 Å². The predicted octanol–water partition coefficient (Wildman–Crippen LogP) is 0.690. The van der Waals surface area contributed by atoms with Crippen molar-refractivity contribution in [3.8, 4) is 5.75 Å². The van der Waals surface area contributed by atoms with E-state index in [1.807, 2.05) is 13.0 Å². The summed E-state index contributed by atoms with van der Waals surface area (Å²) in [4.78, 5) is 18.6. The molecule has 0 radical (unpaired) electrons. The number of carbonyl (C=O) groups is 1. The van der Waals surface area contributed by atoms with E-state index in [4.69, 9.17) is 10.5 Å². The zero-order valence-electron chi connectivity index (χ0n) is 12.8. The summed E-state index contributed by atoms with van der Waals surface area (Å²) >= 11 is 0. The van der Waals surface area contributed by atoms with Gasteiger partial charge in [0.2, 0.25) is 5.91 Å². The highest BCUT2D eigenvalue weighted by Crippen LogP contribution is 2.31. The van der Waals surface area contributed by atoms with Gasteiger partial charge >= 0.3 is 0 Å². The smallest absolute Gasteiger partial charge is 0.224 e. The number of piperidine rings is 1. The lowest BCUT2D eigenvalue weighted by atomic mass is 9.96. The van der Waals surface area contributed by atoms with Crippen LogP contribution in [0.5, 0.6) is 5.75 Å². The van der Waals surface area contributed by atoms with Gasteiger partial charge in [0.15, 0.2) is 5.75 Å². The molecule has 1 unspecified atom stereocenters. The standard InChI is InChI=1S/C15H24N4O2/c1-11-8-13(14(21-2)9-18-11)19-7-3-4-12(10-19)15(20)17-6-5-16/h8-9,12H,3-7,10,16H2,1-2H3,(H,17,20). The second kappa shape index (κ2) is 7.26. The van der Waals surface area contributed by atoms with Crippen molar-refractivity contribution >= 4 is 11.6 Å². The Morgan fingerprint density at radius 2 is 2.43 bits per heavy atom. The van der Waals surface area contributed by atoms with E-state index in [9.17, 15) is 4.79 Å². The molecule has 2 rings (SSSR count). The van der Waals surface area contributed by atoms with Crippen LogP contribution in [0, 0.1) is 12.8 Å². The number of carbonyl (C=O) groups excluding carboxylic acids is 1. The van der Waals surface area contributed by atoms with E-state index in [0.29, 0.717) is 19.6 Å². The maximum absolute atomic E-state index is 12.1. The maximum atomic E-state index is 12.1. The molecule has 21 heavy (non-hydrogen) atoms. The van der Waals surface area contributed by atoms with Gasteiger partial charge in [-0.05, 0) is 25.8 Å². The number of ether oxygens (including phenoxy) is 1. The molecular weight excluding hydrogens is 268 g/mol. The van der Waals surface area contributed by atoms with Crippen molar-refractivity contribution in [1.29, 1.82) is 0 Å². The summed E-state index contributed by atoms with van der Waals surface area (Å²) in [6.45, 7) is 4.60. The molecule has 3 N–H and O–H groups in total. The molecule has 1 aromatic rings. The van der Waals surface area contributed by atoms with Gasteiger partial charge in [-0.3, -0.25) is 9.78 Å². The summed E-state index contributed by atoms with van der Waals surface area (Å²) in [7, 11) is 1.64. The zero-order valence-corrected chi connectivity index (χ0v) is 12.8. The average molecular weight is 292 g/mol. The van der Waals surface area contributed by atoms with Crippen LogP contribution in [-0.4, -0.2) is 44.2 Å². The van der Waals surface area contributed by atoms with Crippen molar-refractivity contribution in [1.82, 2.24) is 10.3 Å². The molecular formula is C15H24N4O2. The molecule has 6 nitrogen and oxygen atoms in total. The van der Waals surface area contributed by atoms with E-state index in [-0.39, 0.29) is 11.8 Å². The second-order valence-corrected chi connectivity index (χ2v) is 5.36. The Morgan fingerprint density at radius 1 is 1.62 bits per heavy atom. The SMILES string of the molecule is COc1cnc(C)cc1N1CCCC(C(=O)NCCN)C1. The molecule has 0 saturated carbocycles. The molecule has 1 aliphatic rings. The van der Waals surface area contributed by atoms with Crippen molar-refractivity contribution in [2.45, 2.75) is 19.8 Å². The highest BCUT2D eigenvalue weighted by molar-refractivity contribution is 5.79. The highest BCUT2D eigenvalue weighted by Gasteiger charge is 2.27. The van der Waals surface area contributed by atoms with Gasteiger partial charge in [-0.15, -0.1) is 0 Å². The Balaban J connectivity index is 2.10. The summed E-state index contributed by atoms with van der Waals surface area (Å²) in [5, 5.41) is 2.88. The topological polar surface area (TPSA) is 80.5 Å². The van der Waals surface area contributed by atoms with Crippen LogP contribution in [-0.2, 0) is 4.79 Å². The van der Waals surface area contributed by atoms with Gasteiger partial charge in [0.05, 0.1) is 24.9 Å². The minimum absolute atomic E-state index is 0.00322. The van der Waals surface area contributed by atoms with Crippen LogP contribution < -0.4 is 20.7 Å². The minimum Gasteiger partial charge on any atom is -0.493 e. The third-order valence-corrected chi connectivity index (χ3v) is 3.78. The van der Waals surface area contributed by atoms with Crippen molar-refractivity contribution in [3.05, 3.63) is 18.0 Å². The third-order valence-electron chi connectivity index (χ3n) is 3.78. The van der Waals surface area contributed by atoms with Crippen LogP contribution in [0.3, 0.4) is 0 Å². The summed E-state index contributed by atoms with van der Waals surface area (Å²) in [5.41, 5.74) is 7.39. The van der Waals surface area contributed by atoms with Crippen LogP contribution in [0.2, 0.25) is 0 Å². The maximum Gasteiger partial charge on any atom is 0.224 e. The summed E-state index contributed by atoms with van der Waals surface area (Å²) in [6, 6.07) is 2.01. The van der Waals surface area contributed by atoms with E-state index in [2.05, 4.69) is 15.2 Å². The van der Waals surface area contributed by atoms with Crippen molar-refractivity contribution in [3.63, 3.8) is 0 Å². The number of aromatic nitrogens is 1. The predicted molar refractivity (Wildman–Crippen MR) is 82.5 cm³/mol. The Labute approximate surface area is 125 Å². The number of nitrogens with two attached hydrogens (primary N) is 1. The molecule has 1 fully saturated rings. The molecule has 1 amide bonds. The molecule has 2 heterocycles. The van der Waals surface area contributed by atoms with E-state index < -0.39 is 0 Å². The van der Waals surface area contributed by atoms with Gasteiger partial charge in [0.25, 0.3) is 0 Å². The fraction of sp³-hybridized carbons (Fsp3) is 0.600. The lowest BCUT2D eigenvalue weighted by molar-refractivity contribution is -0.125. The van der Waals surface area contributed by atoms with Crippen molar-refractivity contribution in [2.24, 2.45) is 11.7 Å². The molecule has 1 aromatic heterocycles. The first-order valence-corrected chi connectivity index (χ1v) is 7.39. The van der Waals surface area contributed by atoms with Crippen LogP contribution in [0.4, 0.5) is 5.69 Å². The van der Waals surface area contributed by atoms with E-state index >= 15 is 0 Å². The minimum atomic E-state index is 0.00322. The van der Waals surface area contributed by atoms with Crippen LogP contribution in [0.15, 0.2) is 12.3 Å². The average Bonchev–Trinajstić information content (AvgIpc) is 2.52. The fourth-order valence-corrected chi connectivity index (χ4v) is 2.69. The first-order chi connectivity index (χ1) is 10.2. The number of nitrogens with zero attached hydrogens (tertiary/aromatic N) is 2. The zero-order chi connectivity index (χ0) is 15.2. The summed E-state index contributed by atoms with van der Waals surface area (Å²) < 4.78 is 5.39. The van der Waals surface area contributed by atoms with Gasteiger partial charge in [0, 0.05) is 31.9 Å². The third kappa shape index (κ3) is 3.85. The lowest BCUT2D eigenvalue weighted by Crippen LogP contribution is -2.44. The quantitative estimate of drug-likeness (QED) is 0.834. The normalized spacial score (nSPS) is 18.4. The van der Waals surface area contributed by atoms with Crippen LogP contribution in [0.25, 0.3) is 0 Å². The number of hydrogen-bond donors (Lipinski definition) is 2. The van der Waals surface area contributed by atoms with Gasteiger partial charge in [-0.1, -0.05) is 0 Å². The molecule has 6 heteroatoms. The first kappa shape index (κ1) is 15.6. The summed E-state index contributed by atoms with van der Waals surface area (Å²) in [5.74, 6) is 0.849. The van der Waals surface area contributed by atoms with Gasteiger partial charge in [-0.2, -0.15) is 0 Å². The molecule has 1 saturated heterocycles. The number of nitrogens with one attached hydrogen (secondary N) is 1. The Morgan fingerprint density at radius 3 is 3.14 bits per heavy atom. The number of methoxy groups -OCH3 is 1. The monoisotopic (exact) mass is 292 g/mol. The van der Waals surface area contributed by atoms with Gasteiger partial charge in [0.1, 0.15) is 0 Å². The van der Waals surface area contributed by atoms with Crippen molar-refractivity contribution < 1.29 is 9.53 Å². The molecule has 0 aliphatic carbocycles. The lowest BCUT2D eigenvalue weighted by Gasteiger charge is -2.34. The Kier molecular flexibility index (Phi) is 5.38. The van der Waals surface area contributed by atoms with Gasteiger partial charge < -0.3 is 20.7 Å². The highest BCUT2D eigenvalue weighted by atomic mass is 16.5. The largest absolute Gasteiger partial charge is 0.493 e. The van der Waals surface area contributed by atoms with E-state index in [1.165, 1.54) is 0 Å². The number of amides is 1. The van der Waals surface area contributed by atoms with Crippen LogP contribution >= 0.6 is 0 Å².